The fourth-order valence-electron chi connectivity index (χ4n) is 4.43. The summed E-state index contributed by atoms with van der Waals surface area (Å²) >= 11 is 0. The molecule has 0 saturated heterocycles. The summed E-state index contributed by atoms with van der Waals surface area (Å²) in [6.07, 6.45) is 3.59. The van der Waals surface area contributed by atoms with Crippen molar-refractivity contribution in [2.24, 2.45) is 5.92 Å². The minimum atomic E-state index is -0.152. The number of para-hydroxylation sites is 1. The molecule has 5 rings (SSSR count). The maximum atomic E-state index is 12.9. The Bertz CT molecular complexity index is 1030. The molecule has 0 spiro atoms. The molecule has 1 aliphatic carbocycles. The van der Waals surface area contributed by atoms with E-state index in [2.05, 4.69) is 35.7 Å². The zero-order chi connectivity index (χ0) is 18.4. The van der Waals surface area contributed by atoms with Crippen molar-refractivity contribution in [3.05, 3.63) is 89.3 Å². The predicted octanol–water partition coefficient (Wildman–Crippen LogP) is 4.60. The van der Waals surface area contributed by atoms with Crippen molar-refractivity contribution >= 4 is 11.6 Å². The molecule has 0 amide bonds. The smallest absolute Gasteiger partial charge is 0.143 e. The van der Waals surface area contributed by atoms with Crippen LogP contribution >= 0.6 is 0 Å². The van der Waals surface area contributed by atoms with Crippen LogP contribution in [0.25, 0.3) is 5.69 Å². The van der Waals surface area contributed by atoms with E-state index in [1.165, 1.54) is 5.56 Å². The number of rotatable bonds is 2. The zero-order valence-corrected chi connectivity index (χ0v) is 15.2. The first kappa shape index (κ1) is 16.1. The number of hydrogen-bond donors (Lipinski definition) is 1. The number of anilines is 1. The van der Waals surface area contributed by atoms with Crippen LogP contribution in [-0.4, -0.2) is 15.6 Å². The van der Waals surface area contributed by atoms with Crippen molar-refractivity contribution in [3.8, 4) is 5.69 Å². The number of carbonyl (C=O) groups is 1. The summed E-state index contributed by atoms with van der Waals surface area (Å²) in [6.45, 7) is 2.04. The highest BCUT2D eigenvalue weighted by Gasteiger charge is 2.42. The second-order valence-electron chi connectivity index (χ2n) is 7.25. The third kappa shape index (κ3) is 2.52. The molecule has 0 saturated carbocycles. The number of nitrogens with zero attached hydrogens (tertiary/aromatic N) is 2. The number of aryl methyl sites for hydroxylation is 1. The first-order valence-corrected chi connectivity index (χ1v) is 9.43. The lowest BCUT2D eigenvalue weighted by Crippen LogP contribution is -2.35. The van der Waals surface area contributed by atoms with Gasteiger partial charge in [-0.05, 0) is 31.0 Å². The number of benzene rings is 2. The van der Waals surface area contributed by atoms with Crippen molar-refractivity contribution in [2.45, 2.75) is 25.7 Å². The molecule has 3 aromatic rings. The molecule has 2 heterocycles. The van der Waals surface area contributed by atoms with Crippen LogP contribution in [0.15, 0.2) is 72.4 Å². The lowest BCUT2D eigenvalue weighted by Gasteiger charge is -2.36. The minimum Gasteiger partial charge on any atom is -0.343 e. The lowest BCUT2D eigenvalue weighted by molar-refractivity contribution is -0.122. The number of ketones is 1. The molecule has 0 fully saturated rings. The Hall–Kier alpha value is -3.14. The van der Waals surface area contributed by atoms with Crippen LogP contribution in [0.3, 0.4) is 0 Å². The third-order valence-corrected chi connectivity index (χ3v) is 5.61. The standard InChI is InChI=1S/C23H21N3O/c1-15-20-21(16-9-4-2-5-10-16)22-18(13-8-14-19(22)27)24-23(20)26(25-15)17-11-6-3-7-12-17/h2-7,9-13,21-22,24H,8,14H2,1H3/t21-,22+/m1/s1. The molecule has 4 heteroatoms. The van der Waals surface area contributed by atoms with Gasteiger partial charge in [-0.1, -0.05) is 54.6 Å². The highest BCUT2D eigenvalue weighted by Crippen LogP contribution is 2.48. The molecular formula is C23H21N3O. The molecule has 134 valence electrons. The first-order valence-electron chi connectivity index (χ1n) is 9.43. The van der Waals surface area contributed by atoms with Gasteiger partial charge in [0.25, 0.3) is 0 Å². The fourth-order valence-corrected chi connectivity index (χ4v) is 4.43. The van der Waals surface area contributed by atoms with E-state index in [4.69, 9.17) is 5.10 Å². The molecule has 0 unspecified atom stereocenters. The Morgan fingerprint density at radius 1 is 1.00 bits per heavy atom. The predicted molar refractivity (Wildman–Crippen MR) is 106 cm³/mol. The van der Waals surface area contributed by atoms with Gasteiger partial charge < -0.3 is 5.32 Å². The molecule has 4 nitrogen and oxygen atoms in total. The van der Waals surface area contributed by atoms with E-state index < -0.39 is 0 Å². The Morgan fingerprint density at radius 3 is 2.44 bits per heavy atom. The van der Waals surface area contributed by atoms with Gasteiger partial charge in [0, 0.05) is 23.6 Å². The van der Waals surface area contributed by atoms with Gasteiger partial charge in [0.1, 0.15) is 11.6 Å². The summed E-state index contributed by atoms with van der Waals surface area (Å²) in [5, 5.41) is 8.39. The highest BCUT2D eigenvalue weighted by molar-refractivity contribution is 5.89. The maximum Gasteiger partial charge on any atom is 0.143 e. The van der Waals surface area contributed by atoms with E-state index >= 15 is 0 Å². The number of carbonyl (C=O) groups excluding carboxylic acids is 1. The van der Waals surface area contributed by atoms with Crippen LogP contribution < -0.4 is 5.32 Å². The van der Waals surface area contributed by atoms with Crippen LogP contribution in [0.1, 0.15) is 35.6 Å². The van der Waals surface area contributed by atoms with Crippen LogP contribution in [0, 0.1) is 12.8 Å². The highest BCUT2D eigenvalue weighted by atomic mass is 16.1. The molecule has 1 aromatic heterocycles. The number of nitrogens with one attached hydrogen (secondary N) is 1. The van der Waals surface area contributed by atoms with Gasteiger partial charge in [0.15, 0.2) is 0 Å². The molecular weight excluding hydrogens is 334 g/mol. The fraction of sp³-hybridized carbons (Fsp3) is 0.217. The van der Waals surface area contributed by atoms with Crippen molar-refractivity contribution in [2.75, 3.05) is 5.32 Å². The average molecular weight is 355 g/mol. The van der Waals surface area contributed by atoms with Gasteiger partial charge in [-0.15, -0.1) is 0 Å². The quantitative estimate of drug-likeness (QED) is 0.731. The van der Waals surface area contributed by atoms with Crippen LogP contribution in [-0.2, 0) is 4.79 Å². The van der Waals surface area contributed by atoms with Gasteiger partial charge in [-0.25, -0.2) is 4.68 Å². The van der Waals surface area contributed by atoms with Gasteiger partial charge in [-0.3, -0.25) is 4.79 Å². The van der Waals surface area contributed by atoms with Gasteiger partial charge in [0.2, 0.25) is 0 Å². The summed E-state index contributed by atoms with van der Waals surface area (Å²) in [5.74, 6) is 1.14. The molecule has 0 bridgehead atoms. The minimum absolute atomic E-state index is 0.000961. The van der Waals surface area contributed by atoms with Crippen molar-refractivity contribution in [3.63, 3.8) is 0 Å². The largest absolute Gasteiger partial charge is 0.343 e. The van der Waals surface area contributed by atoms with E-state index in [0.29, 0.717) is 12.2 Å². The number of aromatic nitrogens is 2. The van der Waals surface area contributed by atoms with E-state index in [1.807, 2.05) is 48.0 Å². The molecule has 2 atom stereocenters. The average Bonchev–Trinajstić information content (AvgIpc) is 3.04. The zero-order valence-electron chi connectivity index (χ0n) is 15.2. The Balaban J connectivity index is 1.76. The van der Waals surface area contributed by atoms with Gasteiger partial charge in [-0.2, -0.15) is 5.10 Å². The van der Waals surface area contributed by atoms with Gasteiger partial charge in [0.05, 0.1) is 17.3 Å². The van der Waals surface area contributed by atoms with Crippen LogP contribution in [0.4, 0.5) is 5.82 Å². The van der Waals surface area contributed by atoms with Gasteiger partial charge >= 0.3 is 0 Å². The first-order chi connectivity index (χ1) is 13.2. The molecule has 1 N–H and O–H groups in total. The second kappa shape index (κ2) is 6.23. The van der Waals surface area contributed by atoms with Crippen molar-refractivity contribution < 1.29 is 4.79 Å². The lowest BCUT2D eigenvalue weighted by atomic mass is 9.72. The molecule has 2 aromatic carbocycles. The monoisotopic (exact) mass is 355 g/mol. The molecule has 0 radical (unpaired) electrons. The Labute approximate surface area is 158 Å². The number of fused-ring (bicyclic) bond motifs is 2. The van der Waals surface area contributed by atoms with Crippen molar-refractivity contribution in [1.82, 2.24) is 9.78 Å². The second-order valence-corrected chi connectivity index (χ2v) is 7.25. The van der Waals surface area contributed by atoms with Crippen LogP contribution in [0.5, 0.6) is 0 Å². The molecule has 2 aliphatic rings. The summed E-state index contributed by atoms with van der Waals surface area (Å²) in [4.78, 5) is 12.9. The van der Waals surface area contributed by atoms with E-state index in [9.17, 15) is 4.79 Å². The summed E-state index contributed by atoms with van der Waals surface area (Å²) in [6, 6.07) is 20.5. The Morgan fingerprint density at radius 2 is 1.70 bits per heavy atom. The molecule has 27 heavy (non-hydrogen) atoms. The molecule has 1 aliphatic heterocycles. The van der Waals surface area contributed by atoms with Crippen molar-refractivity contribution in [1.29, 1.82) is 0 Å². The van der Waals surface area contributed by atoms with Crippen LogP contribution in [0.2, 0.25) is 0 Å². The maximum absolute atomic E-state index is 12.9. The van der Waals surface area contributed by atoms with E-state index in [-0.39, 0.29) is 11.8 Å². The number of Topliss-reactive ketones (excluding diaryl/α,β-unsaturated/α-hetero) is 1. The Kier molecular flexibility index (Phi) is 3.71. The third-order valence-electron chi connectivity index (χ3n) is 5.61. The topological polar surface area (TPSA) is 46.9 Å². The SMILES string of the molecule is Cc1nn(-c2ccccc2)c2c1[C@@H](c1ccccc1)[C@@H]1C(=O)CCC=C1N2. The van der Waals surface area contributed by atoms with E-state index in [1.54, 1.807) is 0 Å². The number of allylic oxidation sites excluding steroid dienone is 2. The normalized spacial score (nSPS) is 21.1. The summed E-state index contributed by atoms with van der Waals surface area (Å²) in [7, 11) is 0. The van der Waals surface area contributed by atoms with E-state index in [0.717, 1.165) is 34.9 Å². The number of hydrogen-bond acceptors (Lipinski definition) is 3. The summed E-state index contributed by atoms with van der Waals surface area (Å²) in [5.41, 5.74) is 5.30. The summed E-state index contributed by atoms with van der Waals surface area (Å²) < 4.78 is 1.97.